The summed E-state index contributed by atoms with van der Waals surface area (Å²) in [6.07, 6.45) is 1.75. The lowest BCUT2D eigenvalue weighted by Crippen LogP contribution is -2.35. The van der Waals surface area contributed by atoms with Crippen molar-refractivity contribution in [2.24, 2.45) is 0 Å². The average Bonchev–Trinajstić information content (AvgIpc) is 2.31. The van der Waals surface area contributed by atoms with Gasteiger partial charge in [0.1, 0.15) is 0 Å². The van der Waals surface area contributed by atoms with Crippen molar-refractivity contribution in [3.8, 4) is 0 Å². The fourth-order valence-corrected chi connectivity index (χ4v) is 3.23. The van der Waals surface area contributed by atoms with Crippen molar-refractivity contribution in [2.45, 2.75) is 37.6 Å². The van der Waals surface area contributed by atoms with Crippen LogP contribution in [0.3, 0.4) is 0 Å². The Morgan fingerprint density at radius 1 is 1.44 bits per heavy atom. The third kappa shape index (κ3) is 3.16. The number of benzene rings is 1. The minimum Gasteiger partial charge on any atom is -0.397 e. The number of sulfonamides is 1. The van der Waals surface area contributed by atoms with E-state index in [0.717, 1.165) is 12.8 Å². The van der Waals surface area contributed by atoms with Crippen LogP contribution in [0.1, 0.15) is 26.7 Å². The van der Waals surface area contributed by atoms with E-state index in [0.29, 0.717) is 5.02 Å². The summed E-state index contributed by atoms with van der Waals surface area (Å²) in [5.41, 5.74) is 5.91. The van der Waals surface area contributed by atoms with E-state index in [2.05, 4.69) is 0 Å². The lowest BCUT2D eigenvalue weighted by molar-refractivity contribution is 0.369. The number of halogens is 1. The van der Waals surface area contributed by atoms with E-state index in [1.165, 1.54) is 22.5 Å². The normalized spacial score (nSPS) is 13.8. The van der Waals surface area contributed by atoms with Crippen LogP contribution >= 0.6 is 11.6 Å². The minimum atomic E-state index is -3.50. The molecule has 0 aliphatic rings. The molecule has 0 heterocycles. The highest BCUT2D eigenvalue weighted by molar-refractivity contribution is 7.89. The molecule has 0 aromatic heterocycles. The van der Waals surface area contributed by atoms with Gasteiger partial charge in [-0.15, -0.1) is 0 Å². The molecule has 0 spiro atoms. The Bertz CT molecular complexity index is 517. The number of nitrogens with two attached hydrogens (primary N) is 1. The van der Waals surface area contributed by atoms with Crippen LogP contribution < -0.4 is 5.73 Å². The number of hydrogen-bond donors (Lipinski definition) is 1. The molecule has 1 atom stereocenters. The number of anilines is 1. The summed E-state index contributed by atoms with van der Waals surface area (Å²) in [6, 6.07) is 4.33. The Hall–Kier alpha value is -0.780. The first-order chi connectivity index (χ1) is 8.30. The van der Waals surface area contributed by atoms with E-state index >= 15 is 0 Å². The van der Waals surface area contributed by atoms with E-state index in [9.17, 15) is 8.42 Å². The zero-order valence-corrected chi connectivity index (χ0v) is 12.4. The zero-order chi connectivity index (χ0) is 13.9. The van der Waals surface area contributed by atoms with Crippen LogP contribution in [0.25, 0.3) is 0 Å². The molecule has 0 aliphatic heterocycles. The van der Waals surface area contributed by atoms with Crippen LogP contribution in [0.2, 0.25) is 5.02 Å². The van der Waals surface area contributed by atoms with Crippen LogP contribution in [-0.4, -0.2) is 25.8 Å². The molecule has 0 aliphatic carbocycles. The third-order valence-corrected chi connectivity index (χ3v) is 5.28. The molecule has 0 bridgehead atoms. The third-order valence-electron chi connectivity index (χ3n) is 2.97. The van der Waals surface area contributed by atoms with Crippen molar-refractivity contribution >= 4 is 27.3 Å². The second kappa shape index (κ2) is 5.91. The molecule has 0 amide bonds. The van der Waals surface area contributed by atoms with Gasteiger partial charge in [0.05, 0.1) is 15.6 Å². The van der Waals surface area contributed by atoms with E-state index in [1.807, 2.05) is 13.8 Å². The van der Waals surface area contributed by atoms with Crippen molar-refractivity contribution in [1.82, 2.24) is 4.31 Å². The molecule has 0 saturated carbocycles. The Morgan fingerprint density at radius 3 is 2.56 bits per heavy atom. The summed E-state index contributed by atoms with van der Waals surface area (Å²) in [5.74, 6) is 0. The Morgan fingerprint density at radius 2 is 2.06 bits per heavy atom. The highest BCUT2D eigenvalue weighted by Crippen LogP contribution is 2.25. The standard InChI is InChI=1S/C12H19ClN2O2S/c1-4-5-9(2)15(3)18(16,17)10-6-7-11(13)12(14)8-10/h6-9H,4-5,14H2,1-3H3. The summed E-state index contributed by atoms with van der Waals surface area (Å²) < 4.78 is 26.1. The summed E-state index contributed by atoms with van der Waals surface area (Å²) >= 11 is 5.79. The van der Waals surface area contributed by atoms with Gasteiger partial charge in [-0.1, -0.05) is 24.9 Å². The van der Waals surface area contributed by atoms with Crippen molar-refractivity contribution in [3.05, 3.63) is 23.2 Å². The monoisotopic (exact) mass is 290 g/mol. The van der Waals surface area contributed by atoms with Gasteiger partial charge < -0.3 is 5.73 Å². The summed E-state index contributed by atoms with van der Waals surface area (Å²) in [7, 11) is -1.92. The van der Waals surface area contributed by atoms with E-state index in [4.69, 9.17) is 17.3 Å². The van der Waals surface area contributed by atoms with Crippen molar-refractivity contribution in [2.75, 3.05) is 12.8 Å². The maximum Gasteiger partial charge on any atom is 0.243 e. The highest BCUT2D eigenvalue weighted by Gasteiger charge is 2.25. The number of hydrogen-bond acceptors (Lipinski definition) is 3. The molecule has 18 heavy (non-hydrogen) atoms. The van der Waals surface area contributed by atoms with Crippen molar-refractivity contribution in [1.29, 1.82) is 0 Å². The first-order valence-electron chi connectivity index (χ1n) is 5.83. The number of nitrogens with zero attached hydrogens (tertiary/aromatic N) is 1. The van der Waals surface area contributed by atoms with E-state index in [-0.39, 0.29) is 16.6 Å². The largest absolute Gasteiger partial charge is 0.397 e. The average molecular weight is 291 g/mol. The van der Waals surface area contributed by atoms with E-state index in [1.54, 1.807) is 7.05 Å². The summed E-state index contributed by atoms with van der Waals surface area (Å²) in [4.78, 5) is 0.176. The maximum atomic E-state index is 12.3. The molecule has 1 aromatic rings. The van der Waals surface area contributed by atoms with Gasteiger partial charge in [-0.05, 0) is 31.5 Å². The fourth-order valence-electron chi connectivity index (χ4n) is 1.69. The predicted octanol–water partition coefficient (Wildman–Crippen LogP) is 2.73. The Kier molecular flexibility index (Phi) is 5.01. The van der Waals surface area contributed by atoms with Gasteiger partial charge in [0, 0.05) is 13.1 Å². The molecule has 0 fully saturated rings. The first kappa shape index (κ1) is 15.3. The van der Waals surface area contributed by atoms with Gasteiger partial charge in [-0.3, -0.25) is 0 Å². The van der Waals surface area contributed by atoms with E-state index < -0.39 is 10.0 Å². The smallest absolute Gasteiger partial charge is 0.243 e. The molecule has 0 radical (unpaired) electrons. The highest BCUT2D eigenvalue weighted by atomic mass is 35.5. The Labute approximate surface area is 114 Å². The van der Waals surface area contributed by atoms with Gasteiger partial charge in [0.15, 0.2) is 0 Å². The van der Waals surface area contributed by atoms with Gasteiger partial charge in [0.25, 0.3) is 0 Å². The summed E-state index contributed by atoms with van der Waals surface area (Å²) in [6.45, 7) is 3.91. The fraction of sp³-hybridized carbons (Fsp3) is 0.500. The topological polar surface area (TPSA) is 63.4 Å². The molecule has 1 rings (SSSR count). The van der Waals surface area contributed by atoms with Gasteiger partial charge >= 0.3 is 0 Å². The molecular formula is C12H19ClN2O2S. The Balaban J connectivity index is 3.09. The van der Waals surface area contributed by atoms with Crippen LogP contribution in [-0.2, 0) is 10.0 Å². The molecule has 0 saturated heterocycles. The van der Waals surface area contributed by atoms with Gasteiger partial charge in [0.2, 0.25) is 10.0 Å². The molecule has 4 nitrogen and oxygen atoms in total. The second-order valence-electron chi connectivity index (χ2n) is 4.34. The predicted molar refractivity (Wildman–Crippen MR) is 75.2 cm³/mol. The number of nitrogen functional groups attached to an aromatic ring is 1. The van der Waals surface area contributed by atoms with Crippen LogP contribution in [0.5, 0.6) is 0 Å². The summed E-state index contributed by atoms with van der Waals surface area (Å²) in [5, 5.41) is 0.359. The first-order valence-corrected chi connectivity index (χ1v) is 7.65. The molecule has 102 valence electrons. The maximum absolute atomic E-state index is 12.3. The van der Waals surface area contributed by atoms with Gasteiger partial charge in [-0.25, -0.2) is 8.42 Å². The van der Waals surface area contributed by atoms with Crippen LogP contribution in [0.15, 0.2) is 23.1 Å². The molecule has 1 unspecified atom stereocenters. The molecule has 2 N–H and O–H groups in total. The van der Waals surface area contributed by atoms with Crippen molar-refractivity contribution < 1.29 is 8.42 Å². The lowest BCUT2D eigenvalue weighted by atomic mass is 10.2. The molecular weight excluding hydrogens is 272 g/mol. The van der Waals surface area contributed by atoms with Crippen molar-refractivity contribution in [3.63, 3.8) is 0 Å². The van der Waals surface area contributed by atoms with Gasteiger partial charge in [-0.2, -0.15) is 4.31 Å². The van der Waals surface area contributed by atoms with Crippen LogP contribution in [0.4, 0.5) is 5.69 Å². The van der Waals surface area contributed by atoms with Crippen LogP contribution in [0, 0.1) is 0 Å². The second-order valence-corrected chi connectivity index (χ2v) is 6.75. The quantitative estimate of drug-likeness (QED) is 0.848. The zero-order valence-electron chi connectivity index (χ0n) is 10.9. The number of rotatable bonds is 5. The minimum absolute atomic E-state index is 0.0445. The lowest BCUT2D eigenvalue weighted by Gasteiger charge is -2.24. The SMILES string of the molecule is CCCC(C)N(C)S(=O)(=O)c1ccc(Cl)c(N)c1. The molecule has 1 aromatic carbocycles. The molecule has 6 heteroatoms.